The molecule has 0 spiro atoms. The van der Waals surface area contributed by atoms with Crippen LogP contribution in [0.1, 0.15) is 28.8 Å². The summed E-state index contributed by atoms with van der Waals surface area (Å²) in [5.41, 5.74) is 2.09. The lowest BCUT2D eigenvalue weighted by molar-refractivity contribution is -0.145. The van der Waals surface area contributed by atoms with Gasteiger partial charge < -0.3 is 19.5 Å². The highest BCUT2D eigenvalue weighted by Gasteiger charge is 2.08. The molecule has 3 aromatic rings. The lowest BCUT2D eigenvalue weighted by Crippen LogP contribution is -2.12. The van der Waals surface area contributed by atoms with Crippen molar-refractivity contribution in [2.24, 2.45) is 0 Å². The maximum atomic E-state index is 12.3. The number of anilines is 1. The van der Waals surface area contributed by atoms with Crippen LogP contribution in [-0.4, -0.2) is 25.6 Å². The lowest BCUT2D eigenvalue weighted by atomic mass is 10.1. The molecule has 0 aliphatic heterocycles. The van der Waals surface area contributed by atoms with Crippen molar-refractivity contribution in [1.29, 1.82) is 0 Å². The summed E-state index contributed by atoms with van der Waals surface area (Å²) >= 11 is 0. The van der Waals surface area contributed by atoms with Gasteiger partial charge in [-0.15, -0.1) is 0 Å². The van der Waals surface area contributed by atoms with Gasteiger partial charge in [-0.25, -0.2) is 0 Å². The van der Waals surface area contributed by atoms with E-state index < -0.39 is 0 Å². The van der Waals surface area contributed by atoms with Crippen molar-refractivity contribution in [3.63, 3.8) is 0 Å². The van der Waals surface area contributed by atoms with Gasteiger partial charge in [0.05, 0.1) is 13.7 Å². The standard InChI is InChI=1S/C25H25NO5/c1-29-22-13-15-23(16-14-22)30-17-5-8-24(27)31-18-19-9-11-20(12-10-19)25(28)26-21-6-3-2-4-7-21/h2-4,6-7,9-16H,5,8,17-18H2,1H3,(H,26,28). The molecular formula is C25H25NO5. The fourth-order valence-corrected chi connectivity index (χ4v) is 2.79. The largest absolute Gasteiger partial charge is 0.497 e. The van der Waals surface area contributed by atoms with Gasteiger partial charge in [0.15, 0.2) is 0 Å². The van der Waals surface area contributed by atoms with Gasteiger partial charge >= 0.3 is 5.97 Å². The lowest BCUT2D eigenvalue weighted by Gasteiger charge is -2.08. The molecule has 0 saturated heterocycles. The second kappa shape index (κ2) is 11.4. The van der Waals surface area contributed by atoms with Crippen molar-refractivity contribution in [1.82, 2.24) is 0 Å². The zero-order chi connectivity index (χ0) is 21.9. The van der Waals surface area contributed by atoms with E-state index in [1.165, 1.54) is 0 Å². The van der Waals surface area contributed by atoms with E-state index in [-0.39, 0.29) is 24.9 Å². The Kier molecular flexibility index (Phi) is 8.05. The minimum Gasteiger partial charge on any atom is -0.497 e. The Labute approximate surface area is 181 Å². The number of carbonyl (C=O) groups excluding carboxylic acids is 2. The van der Waals surface area contributed by atoms with E-state index in [4.69, 9.17) is 14.2 Å². The molecule has 0 saturated carbocycles. The SMILES string of the molecule is COc1ccc(OCCCC(=O)OCc2ccc(C(=O)Nc3ccccc3)cc2)cc1. The molecule has 31 heavy (non-hydrogen) atoms. The Balaban J connectivity index is 1.35. The summed E-state index contributed by atoms with van der Waals surface area (Å²) in [6, 6.07) is 23.5. The van der Waals surface area contributed by atoms with Crippen LogP contribution in [0.15, 0.2) is 78.9 Å². The number of carbonyl (C=O) groups is 2. The van der Waals surface area contributed by atoms with Crippen molar-refractivity contribution in [2.45, 2.75) is 19.4 Å². The normalized spacial score (nSPS) is 10.2. The molecule has 0 fully saturated rings. The van der Waals surface area contributed by atoms with Gasteiger partial charge in [-0.05, 0) is 60.5 Å². The topological polar surface area (TPSA) is 73.9 Å². The van der Waals surface area contributed by atoms with E-state index in [9.17, 15) is 9.59 Å². The van der Waals surface area contributed by atoms with Crippen molar-refractivity contribution < 1.29 is 23.8 Å². The van der Waals surface area contributed by atoms with Gasteiger partial charge in [0.25, 0.3) is 5.91 Å². The first-order valence-corrected chi connectivity index (χ1v) is 10.0. The van der Waals surface area contributed by atoms with Crippen molar-refractivity contribution in [2.75, 3.05) is 19.0 Å². The Morgan fingerprint density at radius 3 is 2.19 bits per heavy atom. The Morgan fingerprint density at radius 2 is 1.52 bits per heavy atom. The molecule has 1 amide bonds. The minimum absolute atomic E-state index is 0.165. The van der Waals surface area contributed by atoms with Crippen molar-refractivity contribution in [3.8, 4) is 11.5 Å². The number of para-hydroxylation sites is 1. The van der Waals surface area contributed by atoms with E-state index in [1.807, 2.05) is 54.6 Å². The molecule has 6 heteroatoms. The fourth-order valence-electron chi connectivity index (χ4n) is 2.79. The van der Waals surface area contributed by atoms with Gasteiger partial charge in [0, 0.05) is 17.7 Å². The molecule has 0 unspecified atom stereocenters. The van der Waals surface area contributed by atoms with Crippen LogP contribution in [0, 0.1) is 0 Å². The number of ether oxygens (including phenoxy) is 3. The Bertz CT molecular complexity index is 969. The molecule has 3 rings (SSSR count). The quantitative estimate of drug-likeness (QED) is 0.376. The predicted octanol–water partition coefficient (Wildman–Crippen LogP) is 4.85. The second-order valence-corrected chi connectivity index (χ2v) is 6.81. The maximum absolute atomic E-state index is 12.3. The number of esters is 1. The monoisotopic (exact) mass is 419 g/mol. The van der Waals surface area contributed by atoms with Crippen LogP contribution in [0.25, 0.3) is 0 Å². The molecule has 0 aromatic heterocycles. The summed E-state index contributed by atoms with van der Waals surface area (Å²) in [5.74, 6) is 1.02. The summed E-state index contributed by atoms with van der Waals surface area (Å²) < 4.78 is 16.0. The molecule has 0 atom stereocenters. The molecule has 160 valence electrons. The van der Waals surface area contributed by atoms with Crippen molar-refractivity contribution >= 4 is 17.6 Å². The molecule has 1 N–H and O–H groups in total. The number of methoxy groups -OCH3 is 1. The van der Waals surface area contributed by atoms with Crippen LogP contribution >= 0.6 is 0 Å². The first kappa shape index (κ1) is 21.9. The highest BCUT2D eigenvalue weighted by atomic mass is 16.5. The van der Waals surface area contributed by atoms with Gasteiger partial charge in [0.2, 0.25) is 0 Å². The number of hydrogen-bond acceptors (Lipinski definition) is 5. The first-order chi connectivity index (χ1) is 15.1. The van der Waals surface area contributed by atoms with Crippen LogP contribution in [0.5, 0.6) is 11.5 Å². The van der Waals surface area contributed by atoms with E-state index in [1.54, 1.807) is 31.4 Å². The predicted molar refractivity (Wildman–Crippen MR) is 118 cm³/mol. The summed E-state index contributed by atoms with van der Waals surface area (Å²) in [4.78, 5) is 24.2. The molecule has 0 bridgehead atoms. The van der Waals surface area contributed by atoms with Crippen LogP contribution in [0.4, 0.5) is 5.69 Å². The van der Waals surface area contributed by atoms with E-state index >= 15 is 0 Å². The number of rotatable bonds is 10. The second-order valence-electron chi connectivity index (χ2n) is 6.81. The van der Waals surface area contributed by atoms with E-state index in [0.717, 1.165) is 22.7 Å². The molecule has 6 nitrogen and oxygen atoms in total. The number of amides is 1. The minimum atomic E-state index is -0.288. The third-order valence-electron chi connectivity index (χ3n) is 4.50. The van der Waals surface area contributed by atoms with Gasteiger partial charge in [-0.3, -0.25) is 9.59 Å². The van der Waals surface area contributed by atoms with Gasteiger partial charge in [-0.1, -0.05) is 30.3 Å². The van der Waals surface area contributed by atoms with Crippen LogP contribution in [0.2, 0.25) is 0 Å². The average Bonchev–Trinajstić information content (AvgIpc) is 2.82. The van der Waals surface area contributed by atoms with Crippen LogP contribution in [-0.2, 0) is 16.1 Å². The zero-order valence-electron chi connectivity index (χ0n) is 17.4. The van der Waals surface area contributed by atoms with Crippen LogP contribution in [0.3, 0.4) is 0 Å². The Hall–Kier alpha value is -3.80. The number of benzene rings is 3. The summed E-state index contributed by atoms with van der Waals surface area (Å²) in [5, 5.41) is 2.83. The summed E-state index contributed by atoms with van der Waals surface area (Å²) in [6.45, 7) is 0.589. The average molecular weight is 419 g/mol. The highest BCUT2D eigenvalue weighted by molar-refractivity contribution is 6.04. The fraction of sp³-hybridized carbons (Fsp3) is 0.200. The van der Waals surface area contributed by atoms with Gasteiger partial charge in [0.1, 0.15) is 18.1 Å². The maximum Gasteiger partial charge on any atom is 0.306 e. The third kappa shape index (κ3) is 7.19. The van der Waals surface area contributed by atoms with E-state index in [0.29, 0.717) is 18.6 Å². The van der Waals surface area contributed by atoms with Crippen LogP contribution < -0.4 is 14.8 Å². The molecule has 0 radical (unpaired) electrons. The van der Waals surface area contributed by atoms with Gasteiger partial charge in [-0.2, -0.15) is 0 Å². The Morgan fingerprint density at radius 1 is 0.839 bits per heavy atom. The summed E-state index contributed by atoms with van der Waals surface area (Å²) in [6.07, 6.45) is 0.831. The van der Waals surface area contributed by atoms with Crippen molar-refractivity contribution in [3.05, 3.63) is 90.0 Å². The number of nitrogens with one attached hydrogen (secondary N) is 1. The third-order valence-corrected chi connectivity index (χ3v) is 4.50. The molecular weight excluding hydrogens is 394 g/mol. The number of hydrogen-bond donors (Lipinski definition) is 1. The molecule has 3 aromatic carbocycles. The highest BCUT2D eigenvalue weighted by Crippen LogP contribution is 2.17. The molecule has 0 aliphatic carbocycles. The molecule has 0 heterocycles. The van der Waals surface area contributed by atoms with E-state index in [2.05, 4.69) is 5.32 Å². The molecule has 0 aliphatic rings. The zero-order valence-corrected chi connectivity index (χ0v) is 17.4. The first-order valence-electron chi connectivity index (χ1n) is 10.0. The summed E-state index contributed by atoms with van der Waals surface area (Å²) in [7, 11) is 1.61. The smallest absolute Gasteiger partial charge is 0.306 e.